The van der Waals surface area contributed by atoms with Crippen molar-refractivity contribution in [2.45, 2.75) is 6.42 Å². The van der Waals surface area contributed by atoms with E-state index in [4.69, 9.17) is 4.74 Å². The van der Waals surface area contributed by atoms with Gasteiger partial charge in [0, 0.05) is 12.0 Å². The summed E-state index contributed by atoms with van der Waals surface area (Å²) in [7, 11) is -1.92. The average molecular weight is 241 g/mol. The van der Waals surface area contributed by atoms with E-state index >= 15 is 0 Å². The number of ether oxygens (including phenoxy) is 1. The molecular formula is C10H11NO4S. The predicted octanol–water partition coefficient (Wildman–Crippen LogP) is 0.932. The fraction of sp³-hybridized carbons (Fsp3) is 0.300. The van der Waals surface area contributed by atoms with E-state index in [0.29, 0.717) is 12.1 Å². The first kappa shape index (κ1) is 10.9. The molecule has 1 aliphatic rings. The Bertz CT molecular complexity index is 548. The SMILES string of the molecule is COc1ccc2c(c1)CC2=NOS(C)(=O)=O. The summed E-state index contributed by atoms with van der Waals surface area (Å²) in [6.45, 7) is 0. The number of nitrogens with zero attached hydrogens (tertiary/aromatic N) is 1. The molecule has 0 N–H and O–H groups in total. The molecular weight excluding hydrogens is 230 g/mol. The fourth-order valence-electron chi connectivity index (χ4n) is 1.49. The minimum atomic E-state index is -3.52. The van der Waals surface area contributed by atoms with E-state index in [2.05, 4.69) is 9.44 Å². The number of rotatable bonds is 3. The zero-order valence-electron chi connectivity index (χ0n) is 8.93. The molecule has 0 fully saturated rings. The second kappa shape index (κ2) is 3.79. The average Bonchev–Trinajstić information content (AvgIpc) is 2.17. The van der Waals surface area contributed by atoms with Gasteiger partial charge < -0.3 is 4.74 Å². The van der Waals surface area contributed by atoms with Gasteiger partial charge >= 0.3 is 10.1 Å². The van der Waals surface area contributed by atoms with Crippen LogP contribution in [-0.4, -0.2) is 27.5 Å². The molecule has 0 radical (unpaired) electrons. The zero-order valence-corrected chi connectivity index (χ0v) is 9.74. The highest BCUT2D eigenvalue weighted by Crippen LogP contribution is 2.27. The Kier molecular flexibility index (Phi) is 2.59. The molecule has 0 bridgehead atoms. The van der Waals surface area contributed by atoms with E-state index in [1.54, 1.807) is 13.2 Å². The number of methoxy groups -OCH3 is 1. The van der Waals surface area contributed by atoms with Crippen molar-refractivity contribution in [1.29, 1.82) is 0 Å². The molecule has 0 aromatic heterocycles. The lowest BCUT2D eigenvalue weighted by molar-refractivity contribution is 0.341. The summed E-state index contributed by atoms with van der Waals surface area (Å²) in [5, 5.41) is 3.59. The molecule has 0 heterocycles. The third kappa shape index (κ3) is 2.16. The molecule has 86 valence electrons. The molecule has 1 aromatic carbocycles. The van der Waals surface area contributed by atoms with E-state index in [0.717, 1.165) is 23.1 Å². The maximum Gasteiger partial charge on any atom is 0.325 e. The Morgan fingerprint density at radius 3 is 2.69 bits per heavy atom. The van der Waals surface area contributed by atoms with E-state index in [9.17, 15) is 8.42 Å². The lowest BCUT2D eigenvalue weighted by Crippen LogP contribution is -2.20. The van der Waals surface area contributed by atoms with Gasteiger partial charge in [0.1, 0.15) is 5.75 Å². The van der Waals surface area contributed by atoms with Crippen molar-refractivity contribution in [1.82, 2.24) is 0 Å². The Balaban J connectivity index is 2.19. The summed E-state index contributed by atoms with van der Waals surface area (Å²) in [5.41, 5.74) is 2.63. The second-order valence-corrected chi connectivity index (χ2v) is 5.07. The van der Waals surface area contributed by atoms with Gasteiger partial charge in [0.15, 0.2) is 0 Å². The third-order valence-corrected chi connectivity index (χ3v) is 2.61. The molecule has 0 saturated heterocycles. The number of hydrogen-bond acceptors (Lipinski definition) is 5. The Labute approximate surface area is 93.8 Å². The van der Waals surface area contributed by atoms with Crippen molar-refractivity contribution in [3.63, 3.8) is 0 Å². The zero-order chi connectivity index (χ0) is 11.8. The van der Waals surface area contributed by atoms with Crippen LogP contribution in [0.25, 0.3) is 0 Å². The van der Waals surface area contributed by atoms with Crippen LogP contribution in [0.1, 0.15) is 11.1 Å². The van der Waals surface area contributed by atoms with Crippen molar-refractivity contribution < 1.29 is 17.4 Å². The van der Waals surface area contributed by atoms with E-state index < -0.39 is 10.1 Å². The van der Waals surface area contributed by atoms with Crippen LogP contribution in [0.15, 0.2) is 23.4 Å². The summed E-state index contributed by atoms with van der Waals surface area (Å²) < 4.78 is 30.9. The van der Waals surface area contributed by atoms with E-state index in [1.807, 2.05) is 12.1 Å². The highest BCUT2D eigenvalue weighted by molar-refractivity contribution is 7.85. The number of benzene rings is 1. The molecule has 16 heavy (non-hydrogen) atoms. The maximum atomic E-state index is 10.7. The van der Waals surface area contributed by atoms with Gasteiger partial charge in [-0.3, -0.25) is 4.28 Å². The highest BCUT2D eigenvalue weighted by Gasteiger charge is 2.22. The van der Waals surface area contributed by atoms with Crippen molar-refractivity contribution in [3.05, 3.63) is 29.3 Å². The van der Waals surface area contributed by atoms with Gasteiger partial charge in [-0.05, 0) is 23.8 Å². The normalized spacial score (nSPS) is 16.5. The lowest BCUT2D eigenvalue weighted by Gasteiger charge is -2.20. The smallest absolute Gasteiger partial charge is 0.325 e. The van der Waals surface area contributed by atoms with Crippen LogP contribution >= 0.6 is 0 Å². The fourth-order valence-corrected chi connectivity index (χ4v) is 1.71. The minimum absolute atomic E-state index is 0.599. The first-order valence-corrected chi connectivity index (χ1v) is 6.44. The molecule has 0 atom stereocenters. The molecule has 0 amide bonds. The Hall–Kier alpha value is -1.56. The van der Waals surface area contributed by atoms with Crippen molar-refractivity contribution in [2.24, 2.45) is 5.16 Å². The minimum Gasteiger partial charge on any atom is -0.497 e. The van der Waals surface area contributed by atoms with Gasteiger partial charge in [-0.25, -0.2) is 0 Å². The van der Waals surface area contributed by atoms with Crippen LogP contribution in [0.3, 0.4) is 0 Å². The van der Waals surface area contributed by atoms with Crippen molar-refractivity contribution in [2.75, 3.05) is 13.4 Å². The Morgan fingerprint density at radius 2 is 2.12 bits per heavy atom. The molecule has 5 nitrogen and oxygen atoms in total. The van der Waals surface area contributed by atoms with Crippen LogP contribution < -0.4 is 4.74 Å². The first-order valence-electron chi connectivity index (χ1n) is 4.62. The van der Waals surface area contributed by atoms with Gasteiger partial charge in [-0.2, -0.15) is 8.42 Å². The van der Waals surface area contributed by atoms with Crippen LogP contribution in [0.2, 0.25) is 0 Å². The van der Waals surface area contributed by atoms with E-state index in [-0.39, 0.29) is 0 Å². The van der Waals surface area contributed by atoms with Gasteiger partial charge in [0.05, 0.1) is 19.1 Å². The van der Waals surface area contributed by atoms with Gasteiger partial charge in [0.2, 0.25) is 0 Å². The molecule has 6 heteroatoms. The molecule has 0 unspecified atom stereocenters. The molecule has 2 rings (SSSR count). The monoisotopic (exact) mass is 241 g/mol. The summed E-state index contributed by atoms with van der Waals surface area (Å²) in [5.74, 6) is 0.779. The molecule has 1 aromatic rings. The maximum absolute atomic E-state index is 10.7. The van der Waals surface area contributed by atoms with Crippen molar-refractivity contribution in [3.8, 4) is 5.75 Å². The summed E-state index contributed by atoms with van der Waals surface area (Å²) in [6.07, 6.45) is 1.56. The number of oxime groups is 1. The van der Waals surface area contributed by atoms with Crippen LogP contribution in [-0.2, 0) is 20.8 Å². The molecule has 1 aliphatic carbocycles. The molecule has 0 saturated carbocycles. The lowest BCUT2D eigenvalue weighted by atomic mass is 9.86. The van der Waals surface area contributed by atoms with Crippen LogP contribution in [0, 0.1) is 0 Å². The standard InChI is InChI=1S/C10H11NO4S/c1-14-8-3-4-9-7(5-8)6-10(9)11-15-16(2,12)13/h3-5H,6H2,1-2H3. The van der Waals surface area contributed by atoms with Crippen LogP contribution in [0.5, 0.6) is 5.75 Å². The van der Waals surface area contributed by atoms with Gasteiger partial charge in [-0.1, -0.05) is 5.16 Å². The third-order valence-electron chi connectivity index (χ3n) is 2.26. The molecule has 0 aliphatic heterocycles. The van der Waals surface area contributed by atoms with Gasteiger partial charge in [-0.15, -0.1) is 0 Å². The number of fused-ring (bicyclic) bond motifs is 1. The highest BCUT2D eigenvalue weighted by atomic mass is 32.2. The quantitative estimate of drug-likeness (QED) is 0.738. The van der Waals surface area contributed by atoms with Crippen LogP contribution in [0.4, 0.5) is 0 Å². The first-order chi connectivity index (χ1) is 7.49. The topological polar surface area (TPSA) is 65.0 Å². The number of hydrogen-bond donors (Lipinski definition) is 0. The summed E-state index contributed by atoms with van der Waals surface area (Å²) in [4.78, 5) is 0. The summed E-state index contributed by atoms with van der Waals surface area (Å²) in [6, 6.07) is 5.53. The summed E-state index contributed by atoms with van der Waals surface area (Å²) >= 11 is 0. The Morgan fingerprint density at radius 1 is 1.38 bits per heavy atom. The van der Waals surface area contributed by atoms with Gasteiger partial charge in [0.25, 0.3) is 0 Å². The van der Waals surface area contributed by atoms with Crippen molar-refractivity contribution >= 4 is 15.8 Å². The predicted molar refractivity (Wildman–Crippen MR) is 59.2 cm³/mol. The van der Waals surface area contributed by atoms with E-state index in [1.165, 1.54) is 0 Å². The molecule has 0 spiro atoms. The second-order valence-electron chi connectivity index (χ2n) is 3.52. The largest absolute Gasteiger partial charge is 0.497 e.